The van der Waals surface area contributed by atoms with Gasteiger partial charge in [0.2, 0.25) is 0 Å². The third-order valence-electron chi connectivity index (χ3n) is 0.793. The third kappa shape index (κ3) is 12.7. The molecule has 0 aliphatic heterocycles. The lowest BCUT2D eigenvalue weighted by Crippen LogP contribution is -2.05. The second-order valence-electron chi connectivity index (χ2n) is 1.71. The molecule has 0 saturated heterocycles. The Hall–Kier alpha value is -0.420. The molecule has 0 aromatic rings. The molecule has 0 atom stereocenters. The highest BCUT2D eigenvalue weighted by Crippen LogP contribution is 2.02. The molecule has 6 heteroatoms. The zero-order valence-electron chi connectivity index (χ0n) is 5.87. The molecule has 0 amide bonds. The van der Waals surface area contributed by atoms with Crippen LogP contribution in [-0.2, 0) is 4.79 Å². The number of amidine groups is 1. The van der Waals surface area contributed by atoms with Crippen molar-refractivity contribution in [3.8, 4) is 0 Å². The first kappa shape index (κ1) is 13.2. The van der Waals surface area contributed by atoms with Crippen molar-refractivity contribution in [3.05, 3.63) is 0 Å². The molecule has 0 unspecified atom stereocenters. The molecule has 11 heavy (non-hydrogen) atoms. The van der Waals surface area contributed by atoms with Crippen LogP contribution in [0.15, 0.2) is 0 Å². The Morgan fingerprint density at radius 1 is 1.64 bits per heavy atom. The number of carboxylic acids is 1. The lowest BCUT2D eigenvalue weighted by molar-refractivity contribution is -0.137. The van der Waals surface area contributed by atoms with Crippen LogP contribution in [0.3, 0.4) is 0 Å². The number of nitrogens with one attached hydrogen (secondary N) is 1. The van der Waals surface area contributed by atoms with Crippen LogP contribution in [0.4, 0.5) is 0 Å². The standard InChI is InChI=1S/C5H10N2O2S.ClH/c6-5(7)10-3-1-2-4(8)9;/h1-3H2,(H3,6,7)(H,8,9);1H. The fourth-order valence-electron chi connectivity index (χ4n) is 0.406. The number of hydrogen-bond acceptors (Lipinski definition) is 3. The van der Waals surface area contributed by atoms with E-state index in [0.29, 0.717) is 12.2 Å². The molecule has 66 valence electrons. The Labute approximate surface area is 75.5 Å². The van der Waals surface area contributed by atoms with E-state index in [2.05, 4.69) is 0 Å². The lowest BCUT2D eigenvalue weighted by atomic mass is 10.3. The van der Waals surface area contributed by atoms with E-state index in [4.69, 9.17) is 16.2 Å². The van der Waals surface area contributed by atoms with Gasteiger partial charge in [-0.2, -0.15) is 0 Å². The van der Waals surface area contributed by atoms with Crippen LogP contribution < -0.4 is 5.73 Å². The SMILES string of the molecule is Cl.N=C(N)SCCCC(=O)O. The first-order valence-corrected chi connectivity index (χ1v) is 3.80. The summed E-state index contributed by atoms with van der Waals surface area (Å²) in [6, 6.07) is 0. The summed E-state index contributed by atoms with van der Waals surface area (Å²) in [5.74, 6) is -0.189. The maximum atomic E-state index is 9.95. The van der Waals surface area contributed by atoms with Crippen LogP contribution in [0.1, 0.15) is 12.8 Å². The summed E-state index contributed by atoms with van der Waals surface area (Å²) in [4.78, 5) is 9.95. The van der Waals surface area contributed by atoms with Gasteiger partial charge in [-0.25, -0.2) is 0 Å². The third-order valence-corrected chi connectivity index (χ3v) is 1.60. The van der Waals surface area contributed by atoms with Gasteiger partial charge in [0.05, 0.1) is 0 Å². The molecule has 0 aromatic carbocycles. The average molecular weight is 199 g/mol. The summed E-state index contributed by atoms with van der Waals surface area (Å²) >= 11 is 1.17. The predicted octanol–water partition coefficient (Wildman–Crippen LogP) is 0.900. The molecule has 4 nitrogen and oxygen atoms in total. The van der Waals surface area contributed by atoms with Crippen molar-refractivity contribution in [1.82, 2.24) is 0 Å². The summed E-state index contributed by atoms with van der Waals surface area (Å²) in [7, 11) is 0. The molecule has 0 radical (unpaired) electrons. The first-order valence-electron chi connectivity index (χ1n) is 2.81. The van der Waals surface area contributed by atoms with Gasteiger partial charge in [0.25, 0.3) is 0 Å². The molecule has 0 rings (SSSR count). The largest absolute Gasteiger partial charge is 0.481 e. The maximum absolute atomic E-state index is 9.95. The number of rotatable bonds is 4. The minimum absolute atomic E-state index is 0. The number of aliphatic carboxylic acids is 1. The Bertz CT molecular complexity index is 126. The van der Waals surface area contributed by atoms with E-state index in [1.54, 1.807) is 0 Å². The van der Waals surface area contributed by atoms with Crippen LogP contribution >= 0.6 is 24.2 Å². The minimum Gasteiger partial charge on any atom is -0.481 e. The van der Waals surface area contributed by atoms with Crippen LogP contribution in [-0.4, -0.2) is 22.0 Å². The quantitative estimate of drug-likeness (QED) is 0.356. The minimum atomic E-state index is -0.802. The molecule has 0 saturated carbocycles. The van der Waals surface area contributed by atoms with E-state index in [-0.39, 0.29) is 24.0 Å². The van der Waals surface area contributed by atoms with Crippen molar-refractivity contribution in [2.45, 2.75) is 12.8 Å². The highest BCUT2D eigenvalue weighted by Gasteiger charge is 1.96. The van der Waals surface area contributed by atoms with Crippen molar-refractivity contribution in [2.24, 2.45) is 5.73 Å². The zero-order chi connectivity index (χ0) is 7.98. The predicted molar refractivity (Wildman–Crippen MR) is 48.5 cm³/mol. The summed E-state index contributed by atoms with van der Waals surface area (Å²) in [6.07, 6.45) is 0.722. The van der Waals surface area contributed by atoms with E-state index in [9.17, 15) is 4.79 Å². The average Bonchev–Trinajstić information content (AvgIpc) is 1.79. The van der Waals surface area contributed by atoms with E-state index in [1.165, 1.54) is 11.8 Å². The number of nitrogens with two attached hydrogens (primary N) is 1. The van der Waals surface area contributed by atoms with Gasteiger partial charge in [0, 0.05) is 12.2 Å². The number of carbonyl (C=O) groups is 1. The van der Waals surface area contributed by atoms with Gasteiger partial charge in [-0.1, -0.05) is 11.8 Å². The van der Waals surface area contributed by atoms with Crippen LogP contribution in [0.2, 0.25) is 0 Å². The highest BCUT2D eigenvalue weighted by atomic mass is 35.5. The van der Waals surface area contributed by atoms with Crippen LogP contribution in [0.25, 0.3) is 0 Å². The molecule has 0 aliphatic carbocycles. The number of thioether (sulfide) groups is 1. The molecule has 0 bridgehead atoms. The topological polar surface area (TPSA) is 87.2 Å². The van der Waals surface area contributed by atoms with E-state index < -0.39 is 5.97 Å². The van der Waals surface area contributed by atoms with Crippen molar-refractivity contribution < 1.29 is 9.90 Å². The summed E-state index contributed by atoms with van der Waals surface area (Å²) < 4.78 is 0. The Kier molecular flexibility index (Phi) is 9.21. The van der Waals surface area contributed by atoms with E-state index >= 15 is 0 Å². The van der Waals surface area contributed by atoms with E-state index in [1.807, 2.05) is 0 Å². The molecule has 0 aromatic heterocycles. The van der Waals surface area contributed by atoms with Crippen LogP contribution in [0, 0.1) is 5.41 Å². The molecule has 0 fully saturated rings. The molecular formula is C5H11ClN2O2S. The Morgan fingerprint density at radius 3 is 2.55 bits per heavy atom. The lowest BCUT2D eigenvalue weighted by Gasteiger charge is -1.94. The molecule has 0 spiro atoms. The Morgan fingerprint density at radius 2 is 2.18 bits per heavy atom. The fourth-order valence-corrected chi connectivity index (χ4v) is 0.914. The molecule has 4 N–H and O–H groups in total. The smallest absolute Gasteiger partial charge is 0.303 e. The molecular weight excluding hydrogens is 188 g/mol. The second kappa shape index (κ2) is 7.68. The monoisotopic (exact) mass is 198 g/mol. The van der Waals surface area contributed by atoms with Gasteiger partial charge in [-0.3, -0.25) is 10.2 Å². The van der Waals surface area contributed by atoms with Gasteiger partial charge in [-0.15, -0.1) is 12.4 Å². The normalized spacial score (nSPS) is 8.36. The summed E-state index contributed by atoms with van der Waals surface area (Å²) in [5.41, 5.74) is 5.01. The number of halogens is 1. The Balaban J connectivity index is 0. The number of carboxylic acid groups (broad SMARTS) is 1. The fraction of sp³-hybridized carbons (Fsp3) is 0.600. The van der Waals surface area contributed by atoms with Gasteiger partial charge in [-0.05, 0) is 6.42 Å². The highest BCUT2D eigenvalue weighted by molar-refractivity contribution is 8.13. The molecule has 0 heterocycles. The number of hydrogen-bond donors (Lipinski definition) is 3. The van der Waals surface area contributed by atoms with Crippen molar-refractivity contribution in [3.63, 3.8) is 0 Å². The van der Waals surface area contributed by atoms with Crippen molar-refractivity contribution in [1.29, 1.82) is 5.41 Å². The van der Waals surface area contributed by atoms with Crippen molar-refractivity contribution in [2.75, 3.05) is 5.75 Å². The van der Waals surface area contributed by atoms with Crippen molar-refractivity contribution >= 4 is 35.3 Å². The van der Waals surface area contributed by atoms with E-state index in [0.717, 1.165) is 0 Å². The summed E-state index contributed by atoms with van der Waals surface area (Å²) in [6.45, 7) is 0. The maximum Gasteiger partial charge on any atom is 0.303 e. The zero-order valence-corrected chi connectivity index (χ0v) is 7.50. The van der Waals surface area contributed by atoms with Crippen LogP contribution in [0.5, 0.6) is 0 Å². The second-order valence-corrected chi connectivity index (χ2v) is 2.85. The first-order chi connectivity index (χ1) is 4.63. The van der Waals surface area contributed by atoms with Gasteiger partial charge < -0.3 is 10.8 Å². The van der Waals surface area contributed by atoms with Gasteiger partial charge in [0.1, 0.15) is 0 Å². The van der Waals surface area contributed by atoms with Gasteiger partial charge in [0.15, 0.2) is 5.17 Å². The molecule has 0 aliphatic rings. The summed E-state index contributed by atoms with van der Waals surface area (Å²) in [5, 5.41) is 15.0. The van der Waals surface area contributed by atoms with Gasteiger partial charge >= 0.3 is 5.97 Å².